The molecule has 0 bridgehead atoms. The van der Waals surface area contributed by atoms with Crippen LogP contribution in [0, 0.1) is 0 Å². The molecule has 7 nitrogen and oxygen atoms in total. The standard InChI is InChI=1S/C5H17NO6S2/c1-6(2-4-13(7,8)9)3-5-14(10,11)12/h7-12H,2-5H2,1H3. The molecule has 6 N–H and O–H groups in total. The monoisotopic (exact) mass is 251 g/mol. The minimum atomic E-state index is -3.50. The van der Waals surface area contributed by atoms with Crippen molar-refractivity contribution in [2.75, 3.05) is 31.6 Å². The van der Waals surface area contributed by atoms with E-state index in [-0.39, 0.29) is 24.6 Å². The molecule has 0 radical (unpaired) electrons. The molecule has 0 aromatic rings. The van der Waals surface area contributed by atoms with Gasteiger partial charge in [0.05, 0.1) is 33.2 Å². The fraction of sp³-hybridized carbons (Fsp3) is 1.00. The minimum Gasteiger partial charge on any atom is -0.308 e. The Labute approximate surface area is 86.1 Å². The molecule has 0 saturated carbocycles. The van der Waals surface area contributed by atoms with E-state index in [0.29, 0.717) is 0 Å². The Hall–Kier alpha value is 0.420. The van der Waals surface area contributed by atoms with Crippen molar-refractivity contribution in [3.63, 3.8) is 0 Å². The molecule has 14 heavy (non-hydrogen) atoms. The van der Waals surface area contributed by atoms with Crippen molar-refractivity contribution < 1.29 is 27.3 Å². The Bertz CT molecular complexity index is 149. The lowest BCUT2D eigenvalue weighted by Crippen LogP contribution is -2.28. The van der Waals surface area contributed by atoms with E-state index in [1.165, 1.54) is 4.90 Å². The zero-order chi connectivity index (χ0) is 11.4. The van der Waals surface area contributed by atoms with E-state index in [1.54, 1.807) is 7.05 Å². The van der Waals surface area contributed by atoms with Crippen LogP contribution in [0.1, 0.15) is 0 Å². The van der Waals surface area contributed by atoms with Crippen molar-refractivity contribution in [2.45, 2.75) is 0 Å². The van der Waals surface area contributed by atoms with Crippen LogP contribution < -0.4 is 0 Å². The molecule has 0 aliphatic carbocycles. The van der Waals surface area contributed by atoms with E-state index < -0.39 is 21.7 Å². The average Bonchev–Trinajstić information content (AvgIpc) is 1.94. The maximum absolute atomic E-state index is 8.62. The van der Waals surface area contributed by atoms with E-state index >= 15 is 0 Å². The molecule has 0 aliphatic heterocycles. The van der Waals surface area contributed by atoms with Gasteiger partial charge in [-0.15, -0.1) is 0 Å². The van der Waals surface area contributed by atoms with Gasteiger partial charge in [-0.3, -0.25) is 0 Å². The van der Waals surface area contributed by atoms with Crippen LogP contribution in [0.5, 0.6) is 0 Å². The number of nitrogens with zero attached hydrogens (tertiary/aromatic N) is 1. The quantitative estimate of drug-likeness (QED) is 0.421. The summed E-state index contributed by atoms with van der Waals surface area (Å²) in [5.74, 6) is -0.401. The first-order valence-corrected chi connectivity index (χ1v) is 7.10. The Morgan fingerprint density at radius 2 is 1.07 bits per heavy atom. The lowest BCUT2D eigenvalue weighted by atomic mass is 10.6. The van der Waals surface area contributed by atoms with Gasteiger partial charge in [0.2, 0.25) is 0 Å². The summed E-state index contributed by atoms with van der Waals surface area (Å²) >= 11 is 0. The first-order valence-electron chi connectivity index (χ1n) is 3.75. The first kappa shape index (κ1) is 14.4. The molecule has 0 rings (SSSR count). The van der Waals surface area contributed by atoms with Crippen molar-refractivity contribution in [1.29, 1.82) is 0 Å². The molecular weight excluding hydrogens is 234 g/mol. The molecule has 0 atom stereocenters. The lowest BCUT2D eigenvalue weighted by molar-refractivity contribution is 0.328. The van der Waals surface area contributed by atoms with Crippen LogP contribution >= 0.6 is 21.7 Å². The summed E-state index contributed by atoms with van der Waals surface area (Å²) in [7, 11) is -5.40. The number of hydrogen-bond donors (Lipinski definition) is 6. The topological polar surface area (TPSA) is 125 Å². The third-order valence-corrected chi connectivity index (χ3v) is 2.95. The summed E-state index contributed by atoms with van der Waals surface area (Å²) in [6.45, 7) is 0.378. The summed E-state index contributed by atoms with van der Waals surface area (Å²) in [4.78, 5) is 1.54. The fourth-order valence-corrected chi connectivity index (χ4v) is 1.78. The van der Waals surface area contributed by atoms with Gasteiger partial charge in [-0.1, -0.05) is 0 Å². The van der Waals surface area contributed by atoms with Crippen molar-refractivity contribution in [3.8, 4) is 0 Å². The van der Waals surface area contributed by atoms with Gasteiger partial charge >= 0.3 is 0 Å². The van der Waals surface area contributed by atoms with Crippen molar-refractivity contribution in [3.05, 3.63) is 0 Å². The highest BCUT2D eigenvalue weighted by molar-refractivity contribution is 8.19. The zero-order valence-electron chi connectivity index (χ0n) is 7.78. The second kappa shape index (κ2) is 5.49. The SMILES string of the molecule is CN(CCS(O)(O)O)CCS(O)(O)O. The second-order valence-electron chi connectivity index (χ2n) is 2.98. The molecule has 9 heteroatoms. The van der Waals surface area contributed by atoms with E-state index in [9.17, 15) is 0 Å². The minimum absolute atomic E-state index is 0.189. The van der Waals surface area contributed by atoms with Gasteiger partial charge < -0.3 is 32.2 Å². The van der Waals surface area contributed by atoms with E-state index in [2.05, 4.69) is 0 Å². The predicted octanol–water partition coefficient (Wildman–Crippen LogP) is 1.37. The van der Waals surface area contributed by atoms with Gasteiger partial charge in [0.25, 0.3) is 0 Å². The van der Waals surface area contributed by atoms with Crippen molar-refractivity contribution in [2.24, 2.45) is 0 Å². The molecule has 0 aliphatic rings. The third-order valence-electron chi connectivity index (χ3n) is 1.49. The van der Waals surface area contributed by atoms with Gasteiger partial charge in [0, 0.05) is 13.1 Å². The first-order chi connectivity index (χ1) is 6.10. The van der Waals surface area contributed by atoms with Crippen LogP contribution in [0.15, 0.2) is 0 Å². The highest BCUT2D eigenvalue weighted by Gasteiger charge is 2.15. The molecule has 0 spiro atoms. The molecule has 0 heterocycles. The lowest BCUT2D eigenvalue weighted by Gasteiger charge is -2.25. The molecule has 90 valence electrons. The summed E-state index contributed by atoms with van der Waals surface area (Å²) in [5, 5.41) is 0. The molecule has 0 saturated heterocycles. The Balaban J connectivity index is 3.62. The fourth-order valence-electron chi connectivity index (χ4n) is 0.668. The number of hydrogen-bond acceptors (Lipinski definition) is 7. The molecule has 0 unspecified atom stereocenters. The van der Waals surface area contributed by atoms with Gasteiger partial charge in [-0.25, -0.2) is 0 Å². The van der Waals surface area contributed by atoms with Gasteiger partial charge in [-0.2, -0.15) is 0 Å². The van der Waals surface area contributed by atoms with Gasteiger partial charge in [-0.05, 0) is 7.05 Å². The molecule has 0 fully saturated rings. The van der Waals surface area contributed by atoms with Crippen LogP contribution in [0.25, 0.3) is 0 Å². The normalized spacial score (nSPS) is 16.0. The summed E-state index contributed by atoms with van der Waals surface area (Å²) in [6.07, 6.45) is 0. The Kier molecular flexibility index (Phi) is 5.65. The molecular formula is C5H17NO6S2. The van der Waals surface area contributed by atoms with Crippen molar-refractivity contribution in [1.82, 2.24) is 4.90 Å². The molecule has 0 aromatic heterocycles. The predicted molar refractivity (Wildman–Crippen MR) is 58.2 cm³/mol. The van der Waals surface area contributed by atoms with Gasteiger partial charge in [0.15, 0.2) is 0 Å². The van der Waals surface area contributed by atoms with Crippen LogP contribution in [0.3, 0.4) is 0 Å². The van der Waals surface area contributed by atoms with Crippen LogP contribution in [-0.2, 0) is 0 Å². The largest absolute Gasteiger partial charge is 0.308 e. The second-order valence-corrected chi connectivity index (χ2v) is 6.32. The molecule has 0 amide bonds. The van der Waals surface area contributed by atoms with Crippen molar-refractivity contribution >= 4 is 21.7 Å². The highest BCUT2D eigenvalue weighted by Crippen LogP contribution is 2.33. The van der Waals surface area contributed by atoms with Gasteiger partial charge in [0.1, 0.15) is 0 Å². The van der Waals surface area contributed by atoms with E-state index in [0.717, 1.165) is 0 Å². The summed E-state index contributed by atoms with van der Waals surface area (Å²) in [5.41, 5.74) is 0. The zero-order valence-corrected chi connectivity index (χ0v) is 9.41. The maximum Gasteiger partial charge on any atom is 0.0823 e. The Morgan fingerprint density at radius 1 is 0.786 bits per heavy atom. The number of rotatable bonds is 6. The van der Waals surface area contributed by atoms with Crippen LogP contribution in [-0.4, -0.2) is 63.9 Å². The van der Waals surface area contributed by atoms with E-state index in [1.807, 2.05) is 0 Å². The Morgan fingerprint density at radius 3 is 1.29 bits per heavy atom. The summed E-state index contributed by atoms with van der Waals surface area (Å²) in [6, 6.07) is 0. The van der Waals surface area contributed by atoms with Crippen LogP contribution in [0.2, 0.25) is 0 Å². The smallest absolute Gasteiger partial charge is 0.0823 e. The average molecular weight is 251 g/mol. The third kappa shape index (κ3) is 10.5. The molecule has 0 aromatic carbocycles. The maximum atomic E-state index is 8.62. The van der Waals surface area contributed by atoms with E-state index in [4.69, 9.17) is 27.3 Å². The van der Waals surface area contributed by atoms with Crippen LogP contribution in [0.4, 0.5) is 0 Å². The summed E-state index contributed by atoms with van der Waals surface area (Å²) < 4.78 is 51.7. The highest BCUT2D eigenvalue weighted by atomic mass is 32.3.